The Morgan fingerprint density at radius 3 is 2.38 bits per heavy atom. The molecule has 0 aromatic heterocycles. The number of ether oxygens (including phenoxy) is 1. The van der Waals surface area contributed by atoms with Crippen molar-refractivity contribution in [1.82, 2.24) is 0 Å². The lowest BCUT2D eigenvalue weighted by Gasteiger charge is -2.12. The summed E-state index contributed by atoms with van der Waals surface area (Å²) in [6, 6.07) is 4.94. The maximum Gasteiger partial charge on any atom is 0.180 e. The lowest BCUT2D eigenvalue weighted by Crippen LogP contribution is -2.11. The van der Waals surface area contributed by atoms with Gasteiger partial charge in [0.05, 0.1) is 16.5 Å². The van der Waals surface area contributed by atoms with Gasteiger partial charge in [-0.3, -0.25) is 4.79 Å². The number of hydrogen-bond acceptors (Lipinski definition) is 2. The number of ketones is 1. The predicted octanol–water partition coefficient (Wildman–Crippen LogP) is 3.94. The minimum absolute atomic E-state index is 0.0472. The fourth-order valence-electron chi connectivity index (χ4n) is 1.23. The van der Waals surface area contributed by atoms with Gasteiger partial charge in [-0.25, -0.2) is 0 Å². The van der Waals surface area contributed by atoms with Crippen LogP contribution >= 0.6 is 23.2 Å². The molecule has 0 bridgehead atoms. The molecule has 0 aliphatic rings. The average Bonchev–Trinajstić information content (AvgIpc) is 2.19. The quantitative estimate of drug-likeness (QED) is 0.606. The van der Waals surface area contributed by atoms with E-state index in [1.54, 1.807) is 25.1 Å². The maximum atomic E-state index is 11.6. The minimum atomic E-state index is -0.548. The van der Waals surface area contributed by atoms with Crippen LogP contribution < -0.4 is 4.74 Å². The molecule has 16 heavy (non-hydrogen) atoms. The first-order valence-electron chi connectivity index (χ1n) is 5.06. The number of halogens is 2. The van der Waals surface area contributed by atoms with E-state index in [0.29, 0.717) is 16.3 Å². The molecule has 0 fully saturated rings. The summed E-state index contributed by atoms with van der Waals surface area (Å²) in [6.07, 6.45) is 0.0472. The molecule has 1 atom stereocenters. The zero-order valence-corrected chi connectivity index (χ0v) is 11.0. The molecule has 0 N–H and O–H groups in total. The molecule has 1 aromatic rings. The van der Waals surface area contributed by atoms with E-state index in [1.807, 2.05) is 13.8 Å². The number of hydrogen-bond donors (Lipinski definition) is 0. The standard InChI is InChI=1S/C12H14Cl2O2/c1-7(2)16-11-5-4-9(6-10(11)14)12(15)8(3)13/h4-8H,1-3H3. The largest absolute Gasteiger partial charge is 0.489 e. The second-order valence-electron chi connectivity index (χ2n) is 3.79. The van der Waals surface area contributed by atoms with Crippen molar-refractivity contribution in [1.29, 1.82) is 0 Å². The molecule has 1 rings (SSSR count). The van der Waals surface area contributed by atoms with Crippen LogP contribution in [0.1, 0.15) is 31.1 Å². The van der Waals surface area contributed by atoms with E-state index in [1.165, 1.54) is 0 Å². The van der Waals surface area contributed by atoms with Crippen LogP contribution in [0, 0.1) is 0 Å². The van der Waals surface area contributed by atoms with Crippen molar-refractivity contribution in [2.24, 2.45) is 0 Å². The van der Waals surface area contributed by atoms with Crippen molar-refractivity contribution in [3.8, 4) is 5.75 Å². The first-order valence-corrected chi connectivity index (χ1v) is 5.87. The summed E-state index contributed by atoms with van der Waals surface area (Å²) in [4.78, 5) is 11.6. The number of rotatable bonds is 4. The van der Waals surface area contributed by atoms with Crippen LogP contribution in [0.5, 0.6) is 5.75 Å². The van der Waals surface area contributed by atoms with Gasteiger partial charge >= 0.3 is 0 Å². The van der Waals surface area contributed by atoms with Gasteiger partial charge in [-0.1, -0.05) is 11.6 Å². The lowest BCUT2D eigenvalue weighted by molar-refractivity contribution is 0.0991. The summed E-state index contributed by atoms with van der Waals surface area (Å²) in [5.74, 6) is 0.440. The van der Waals surface area contributed by atoms with Gasteiger partial charge in [-0.2, -0.15) is 0 Å². The lowest BCUT2D eigenvalue weighted by atomic mass is 10.1. The summed E-state index contributed by atoms with van der Waals surface area (Å²) in [5, 5.41) is -0.121. The van der Waals surface area contributed by atoms with Crippen LogP contribution in [0.4, 0.5) is 0 Å². The molecule has 1 aromatic carbocycles. The van der Waals surface area contributed by atoms with Crippen molar-refractivity contribution < 1.29 is 9.53 Å². The third-order valence-electron chi connectivity index (χ3n) is 1.94. The SMILES string of the molecule is CC(C)Oc1ccc(C(=O)C(C)Cl)cc1Cl. The maximum absolute atomic E-state index is 11.6. The highest BCUT2D eigenvalue weighted by Gasteiger charge is 2.14. The molecule has 0 spiro atoms. The number of alkyl halides is 1. The Hall–Kier alpha value is -0.730. The molecule has 0 saturated heterocycles. The van der Waals surface area contributed by atoms with E-state index < -0.39 is 5.38 Å². The summed E-state index contributed by atoms with van der Waals surface area (Å²) in [5.41, 5.74) is 0.503. The highest BCUT2D eigenvalue weighted by atomic mass is 35.5. The van der Waals surface area contributed by atoms with Crippen LogP contribution in [-0.4, -0.2) is 17.3 Å². The Balaban J connectivity index is 2.95. The van der Waals surface area contributed by atoms with Gasteiger partial charge in [0.1, 0.15) is 5.75 Å². The summed E-state index contributed by atoms with van der Waals surface area (Å²) >= 11 is 11.7. The van der Waals surface area contributed by atoms with Crippen molar-refractivity contribution in [2.45, 2.75) is 32.3 Å². The van der Waals surface area contributed by atoms with Crippen LogP contribution in [0.2, 0.25) is 5.02 Å². The summed E-state index contributed by atoms with van der Waals surface area (Å²) < 4.78 is 5.46. The molecular weight excluding hydrogens is 247 g/mol. The van der Waals surface area contributed by atoms with Crippen LogP contribution in [0.25, 0.3) is 0 Å². The fraction of sp³-hybridized carbons (Fsp3) is 0.417. The third kappa shape index (κ3) is 3.39. The van der Waals surface area contributed by atoms with Gasteiger partial charge in [0, 0.05) is 5.56 Å². The first kappa shape index (κ1) is 13.3. The molecule has 0 aliphatic carbocycles. The van der Waals surface area contributed by atoms with Crippen LogP contribution in [-0.2, 0) is 0 Å². The van der Waals surface area contributed by atoms with Gasteiger partial charge in [0.25, 0.3) is 0 Å². The molecule has 0 amide bonds. The zero-order valence-electron chi connectivity index (χ0n) is 9.46. The highest BCUT2D eigenvalue weighted by molar-refractivity contribution is 6.35. The van der Waals surface area contributed by atoms with Crippen molar-refractivity contribution in [3.63, 3.8) is 0 Å². The van der Waals surface area contributed by atoms with E-state index in [2.05, 4.69) is 0 Å². The predicted molar refractivity (Wildman–Crippen MR) is 66.9 cm³/mol. The molecule has 4 heteroatoms. The minimum Gasteiger partial charge on any atom is -0.489 e. The van der Waals surface area contributed by atoms with E-state index >= 15 is 0 Å². The van der Waals surface area contributed by atoms with E-state index in [9.17, 15) is 4.79 Å². The Morgan fingerprint density at radius 1 is 1.31 bits per heavy atom. The Kier molecular flexibility index (Phi) is 4.63. The van der Waals surface area contributed by atoms with E-state index in [0.717, 1.165) is 0 Å². The molecule has 88 valence electrons. The third-order valence-corrected chi connectivity index (χ3v) is 2.43. The Bertz CT molecular complexity index is 387. The molecule has 0 saturated carbocycles. The number of carbonyl (C=O) groups excluding carboxylic acids is 1. The molecule has 0 heterocycles. The number of Topliss-reactive ketones (excluding diaryl/α,β-unsaturated/α-hetero) is 1. The van der Waals surface area contributed by atoms with Gasteiger partial charge < -0.3 is 4.74 Å². The van der Waals surface area contributed by atoms with Crippen molar-refractivity contribution in [2.75, 3.05) is 0 Å². The fourth-order valence-corrected chi connectivity index (χ4v) is 1.58. The molecular formula is C12H14Cl2O2. The number of benzene rings is 1. The average molecular weight is 261 g/mol. The molecule has 0 radical (unpaired) electrons. The van der Waals surface area contributed by atoms with Crippen molar-refractivity contribution in [3.05, 3.63) is 28.8 Å². The number of carbonyl (C=O) groups is 1. The van der Waals surface area contributed by atoms with Crippen molar-refractivity contribution >= 4 is 29.0 Å². The van der Waals surface area contributed by atoms with Gasteiger partial charge in [-0.05, 0) is 39.0 Å². The van der Waals surface area contributed by atoms with Gasteiger partial charge in [-0.15, -0.1) is 11.6 Å². The Labute approximate surface area is 106 Å². The van der Waals surface area contributed by atoms with Crippen LogP contribution in [0.15, 0.2) is 18.2 Å². The normalized spacial score (nSPS) is 12.6. The smallest absolute Gasteiger partial charge is 0.180 e. The second-order valence-corrected chi connectivity index (χ2v) is 4.85. The topological polar surface area (TPSA) is 26.3 Å². The first-order chi connectivity index (χ1) is 7.41. The summed E-state index contributed by atoms with van der Waals surface area (Å²) in [7, 11) is 0. The Morgan fingerprint density at radius 2 is 1.94 bits per heavy atom. The molecule has 1 unspecified atom stereocenters. The highest BCUT2D eigenvalue weighted by Crippen LogP contribution is 2.27. The zero-order chi connectivity index (χ0) is 12.3. The van der Waals surface area contributed by atoms with Crippen LogP contribution in [0.3, 0.4) is 0 Å². The summed E-state index contributed by atoms with van der Waals surface area (Å²) in [6.45, 7) is 5.46. The monoisotopic (exact) mass is 260 g/mol. The van der Waals surface area contributed by atoms with E-state index in [4.69, 9.17) is 27.9 Å². The molecule has 2 nitrogen and oxygen atoms in total. The van der Waals surface area contributed by atoms with Gasteiger partial charge in [0.2, 0.25) is 0 Å². The van der Waals surface area contributed by atoms with Gasteiger partial charge in [0.15, 0.2) is 5.78 Å². The second kappa shape index (κ2) is 5.55. The molecule has 0 aliphatic heterocycles. The van der Waals surface area contributed by atoms with E-state index in [-0.39, 0.29) is 11.9 Å².